The predicted octanol–water partition coefficient (Wildman–Crippen LogP) is 2.60. The fraction of sp³-hybridized carbons (Fsp3) is 0.444. The van der Waals surface area contributed by atoms with Crippen LogP contribution in [-0.4, -0.2) is 43.4 Å². The molecule has 0 aliphatic carbocycles. The van der Waals surface area contributed by atoms with Crippen molar-refractivity contribution in [1.82, 2.24) is 9.46 Å². The van der Waals surface area contributed by atoms with E-state index in [2.05, 4.69) is 15.8 Å². The van der Waals surface area contributed by atoms with E-state index in [-0.39, 0.29) is 23.2 Å². The van der Waals surface area contributed by atoms with E-state index in [1.54, 1.807) is 41.6 Å². The minimum atomic E-state index is -3.46. The number of nitrogens with zero attached hydrogens (tertiary/aromatic N) is 2. The fourth-order valence-electron chi connectivity index (χ4n) is 2.96. The Bertz CT molecular complexity index is 869. The molecular weight excluding hydrogens is 368 g/mol. The summed E-state index contributed by atoms with van der Waals surface area (Å²) >= 11 is 0. The first-order chi connectivity index (χ1) is 12.9. The second kappa shape index (κ2) is 8.53. The summed E-state index contributed by atoms with van der Waals surface area (Å²) in [7, 11) is -3.46. The molecule has 1 fully saturated rings. The molecule has 0 bridgehead atoms. The van der Waals surface area contributed by atoms with Crippen molar-refractivity contribution in [3.05, 3.63) is 36.0 Å². The van der Waals surface area contributed by atoms with Gasteiger partial charge in [-0.15, -0.1) is 0 Å². The SMILES string of the molecule is Cc1cc(NC(=O)CNc2ccc(S(=O)(=O)N3CCCCCC3)cc2)on1. The molecule has 1 amide bonds. The molecule has 1 aliphatic heterocycles. The van der Waals surface area contributed by atoms with Crippen LogP contribution in [0.25, 0.3) is 0 Å². The quantitative estimate of drug-likeness (QED) is 0.783. The third-order valence-corrected chi connectivity index (χ3v) is 6.31. The van der Waals surface area contributed by atoms with E-state index in [0.29, 0.717) is 24.5 Å². The molecule has 1 aromatic carbocycles. The fourth-order valence-corrected chi connectivity index (χ4v) is 4.48. The van der Waals surface area contributed by atoms with Crippen LogP contribution in [0.1, 0.15) is 31.4 Å². The lowest BCUT2D eigenvalue weighted by molar-refractivity contribution is -0.114. The van der Waals surface area contributed by atoms with Crippen LogP contribution in [0.4, 0.5) is 11.6 Å². The van der Waals surface area contributed by atoms with E-state index in [4.69, 9.17) is 4.52 Å². The first-order valence-electron chi connectivity index (χ1n) is 9.02. The number of sulfonamides is 1. The van der Waals surface area contributed by atoms with Crippen LogP contribution in [-0.2, 0) is 14.8 Å². The Morgan fingerprint density at radius 3 is 2.41 bits per heavy atom. The molecule has 3 rings (SSSR count). The lowest BCUT2D eigenvalue weighted by Gasteiger charge is -2.20. The summed E-state index contributed by atoms with van der Waals surface area (Å²) in [6.07, 6.45) is 3.95. The number of carbonyl (C=O) groups excluding carboxylic acids is 1. The monoisotopic (exact) mass is 392 g/mol. The van der Waals surface area contributed by atoms with E-state index in [1.165, 1.54) is 0 Å². The molecule has 146 valence electrons. The highest BCUT2D eigenvalue weighted by Gasteiger charge is 2.24. The van der Waals surface area contributed by atoms with Gasteiger partial charge in [0.15, 0.2) is 0 Å². The zero-order valence-electron chi connectivity index (χ0n) is 15.3. The molecule has 0 saturated carbocycles. The van der Waals surface area contributed by atoms with Gasteiger partial charge in [-0.25, -0.2) is 8.42 Å². The summed E-state index contributed by atoms with van der Waals surface area (Å²) in [5, 5.41) is 9.24. The molecule has 0 spiro atoms. The number of carbonyl (C=O) groups is 1. The summed E-state index contributed by atoms with van der Waals surface area (Å²) in [5.74, 6) is 0.00519. The normalized spacial score (nSPS) is 15.9. The molecule has 0 atom stereocenters. The van der Waals surface area contributed by atoms with Crippen molar-refractivity contribution in [1.29, 1.82) is 0 Å². The highest BCUT2D eigenvalue weighted by molar-refractivity contribution is 7.89. The Morgan fingerprint density at radius 1 is 1.15 bits per heavy atom. The third-order valence-electron chi connectivity index (χ3n) is 4.40. The van der Waals surface area contributed by atoms with Crippen LogP contribution in [0.2, 0.25) is 0 Å². The summed E-state index contributed by atoms with van der Waals surface area (Å²) < 4.78 is 32.0. The molecule has 1 saturated heterocycles. The molecule has 2 aromatic rings. The number of anilines is 2. The zero-order chi connectivity index (χ0) is 19.3. The highest BCUT2D eigenvalue weighted by Crippen LogP contribution is 2.21. The number of aromatic nitrogens is 1. The smallest absolute Gasteiger partial charge is 0.246 e. The van der Waals surface area contributed by atoms with E-state index < -0.39 is 10.0 Å². The Morgan fingerprint density at radius 2 is 1.81 bits per heavy atom. The molecule has 0 radical (unpaired) electrons. The minimum absolute atomic E-state index is 0.0258. The highest BCUT2D eigenvalue weighted by atomic mass is 32.2. The average Bonchev–Trinajstić information content (AvgIpc) is 2.88. The number of benzene rings is 1. The molecule has 27 heavy (non-hydrogen) atoms. The Hall–Kier alpha value is -2.39. The van der Waals surface area contributed by atoms with E-state index >= 15 is 0 Å². The third kappa shape index (κ3) is 5.08. The number of nitrogens with one attached hydrogen (secondary N) is 2. The van der Waals surface area contributed by atoms with Gasteiger partial charge in [0.2, 0.25) is 21.8 Å². The summed E-state index contributed by atoms with van der Waals surface area (Å²) in [6, 6.07) is 8.09. The summed E-state index contributed by atoms with van der Waals surface area (Å²) in [5.41, 5.74) is 1.34. The number of amides is 1. The van der Waals surface area contributed by atoms with Crippen LogP contribution < -0.4 is 10.6 Å². The van der Waals surface area contributed by atoms with E-state index in [0.717, 1.165) is 25.7 Å². The topological polar surface area (TPSA) is 105 Å². The molecule has 8 nitrogen and oxygen atoms in total. The number of hydrogen-bond acceptors (Lipinski definition) is 6. The van der Waals surface area contributed by atoms with Gasteiger partial charge >= 0.3 is 0 Å². The maximum Gasteiger partial charge on any atom is 0.246 e. The van der Waals surface area contributed by atoms with Crippen LogP contribution in [0, 0.1) is 6.92 Å². The standard InChI is InChI=1S/C18H24N4O4S/c1-14-12-18(26-21-14)20-17(23)13-19-15-6-8-16(9-7-15)27(24,25)22-10-4-2-3-5-11-22/h6-9,12,19H,2-5,10-11,13H2,1H3,(H,20,23). The van der Waals surface area contributed by atoms with E-state index in [9.17, 15) is 13.2 Å². The van der Waals surface area contributed by atoms with Crippen molar-refractivity contribution >= 4 is 27.5 Å². The van der Waals surface area contributed by atoms with Crippen molar-refractivity contribution in [3.63, 3.8) is 0 Å². The van der Waals surface area contributed by atoms with E-state index in [1.807, 2.05) is 0 Å². The van der Waals surface area contributed by atoms with Gasteiger partial charge in [-0.2, -0.15) is 4.31 Å². The maximum atomic E-state index is 12.7. The van der Waals surface area contributed by atoms with Gasteiger partial charge in [0.25, 0.3) is 0 Å². The molecular formula is C18H24N4O4S. The first kappa shape index (κ1) is 19.4. The van der Waals surface area contributed by atoms with Crippen molar-refractivity contribution in [3.8, 4) is 0 Å². The number of aryl methyl sites for hydroxylation is 1. The Balaban J connectivity index is 1.57. The number of hydrogen-bond donors (Lipinski definition) is 2. The Kier molecular flexibility index (Phi) is 6.12. The lowest BCUT2D eigenvalue weighted by atomic mass is 10.2. The van der Waals surface area contributed by atoms with Gasteiger partial charge in [0, 0.05) is 24.8 Å². The summed E-state index contributed by atoms with van der Waals surface area (Å²) in [4.78, 5) is 12.2. The van der Waals surface area contributed by atoms with Crippen molar-refractivity contribution in [2.45, 2.75) is 37.5 Å². The van der Waals surface area contributed by atoms with Crippen LogP contribution >= 0.6 is 0 Å². The van der Waals surface area contributed by atoms with Gasteiger partial charge in [-0.3, -0.25) is 10.1 Å². The largest absolute Gasteiger partial charge is 0.376 e. The van der Waals surface area contributed by atoms with Crippen LogP contribution in [0.15, 0.2) is 39.8 Å². The van der Waals surface area contributed by atoms with Gasteiger partial charge in [-0.05, 0) is 44.0 Å². The second-order valence-electron chi connectivity index (χ2n) is 6.58. The minimum Gasteiger partial charge on any atom is -0.376 e. The average molecular weight is 392 g/mol. The molecule has 9 heteroatoms. The predicted molar refractivity (Wildman–Crippen MR) is 102 cm³/mol. The first-order valence-corrected chi connectivity index (χ1v) is 10.5. The maximum absolute atomic E-state index is 12.7. The van der Waals surface area contributed by atoms with Gasteiger partial charge in [0.05, 0.1) is 17.1 Å². The molecule has 2 N–H and O–H groups in total. The molecule has 1 aliphatic rings. The van der Waals surface area contributed by atoms with Crippen LogP contribution in [0.5, 0.6) is 0 Å². The van der Waals surface area contributed by atoms with Gasteiger partial charge < -0.3 is 9.84 Å². The van der Waals surface area contributed by atoms with Crippen molar-refractivity contribution in [2.24, 2.45) is 0 Å². The summed E-state index contributed by atoms with van der Waals surface area (Å²) in [6.45, 7) is 2.93. The lowest BCUT2D eigenvalue weighted by Crippen LogP contribution is -2.31. The second-order valence-corrected chi connectivity index (χ2v) is 8.51. The molecule has 2 heterocycles. The van der Waals surface area contributed by atoms with Crippen molar-refractivity contribution < 1.29 is 17.7 Å². The molecule has 0 unspecified atom stereocenters. The zero-order valence-corrected chi connectivity index (χ0v) is 16.1. The molecule has 1 aromatic heterocycles. The van der Waals surface area contributed by atoms with Gasteiger partial charge in [-0.1, -0.05) is 18.0 Å². The van der Waals surface area contributed by atoms with Crippen LogP contribution in [0.3, 0.4) is 0 Å². The Labute approximate surface area is 159 Å². The van der Waals surface area contributed by atoms with Gasteiger partial charge in [0.1, 0.15) is 0 Å². The number of rotatable bonds is 6. The van der Waals surface area contributed by atoms with Crippen molar-refractivity contribution in [2.75, 3.05) is 30.3 Å².